The summed E-state index contributed by atoms with van der Waals surface area (Å²) in [4.78, 5) is 41.8. The summed E-state index contributed by atoms with van der Waals surface area (Å²) in [6.07, 6.45) is 1.67. The van der Waals surface area contributed by atoms with Crippen LogP contribution in [0.5, 0.6) is 0 Å². The molecule has 2 fully saturated rings. The van der Waals surface area contributed by atoms with Gasteiger partial charge in [0.2, 0.25) is 5.78 Å². The lowest BCUT2D eigenvalue weighted by atomic mass is 10.1. The van der Waals surface area contributed by atoms with Crippen molar-refractivity contribution >= 4 is 117 Å². The van der Waals surface area contributed by atoms with Gasteiger partial charge in [0.25, 0.3) is 0 Å². The van der Waals surface area contributed by atoms with E-state index in [-0.39, 0.29) is 62.1 Å². The minimum atomic E-state index is -0.469. The fourth-order valence-electron chi connectivity index (χ4n) is 7.16. The Morgan fingerprint density at radius 2 is 1.29 bits per heavy atom. The van der Waals surface area contributed by atoms with Gasteiger partial charge in [-0.2, -0.15) is 14.9 Å². The molecule has 1 atom stereocenters. The molecule has 1 unspecified atom stereocenters. The quantitative estimate of drug-likeness (QED) is 0.0140. The Labute approximate surface area is 428 Å². The van der Waals surface area contributed by atoms with Crippen LogP contribution in [0.25, 0.3) is 0 Å². The topological polar surface area (TPSA) is 189 Å². The van der Waals surface area contributed by atoms with Crippen molar-refractivity contribution in [2.45, 2.75) is 19.8 Å². The number of halogens is 3. The Balaban J connectivity index is 0.000000249. The van der Waals surface area contributed by atoms with Crippen LogP contribution in [-0.2, 0) is 0 Å². The molecule has 2 aliphatic heterocycles. The van der Waals surface area contributed by atoms with Crippen molar-refractivity contribution < 1.29 is 28.6 Å². The number of benzene rings is 4. The maximum absolute atomic E-state index is 13.4. The number of nitrogen functional groups attached to an aromatic ring is 1. The first kappa shape index (κ1) is 57.0. The third kappa shape index (κ3) is 18.9. The SMILES string of the molecule is CCSC(N)=NC(=S)Nc1ccc(N2CCN(CCCO)CC2)cc1.Nc1nc(Nc2ccc(N3CCN(CCCO)CC3)cc2)sc1C(=O)c1cccc(F)c1.O=C(CBr)c1cccc(F)c1.P. The third-order valence-corrected chi connectivity index (χ3v) is 13.1. The number of nitrogens with two attached hydrogens (primary N) is 2. The first-order valence-corrected chi connectivity index (χ1v) is 25.6. The van der Waals surface area contributed by atoms with Gasteiger partial charge in [-0.1, -0.05) is 70.2 Å². The van der Waals surface area contributed by atoms with Crippen LogP contribution in [0.4, 0.5) is 42.5 Å². The first-order valence-electron chi connectivity index (χ1n) is 22.2. The highest BCUT2D eigenvalue weighted by atomic mass is 79.9. The van der Waals surface area contributed by atoms with Crippen LogP contribution < -0.4 is 31.9 Å². The number of amidine groups is 1. The number of thiocarbonyl (C=S) groups is 1. The van der Waals surface area contributed by atoms with Gasteiger partial charge in [-0.05, 0) is 104 Å². The molecular formula is C48H62BrF2N10O4PS3. The number of aliphatic imine (C=N–C) groups is 1. The molecule has 372 valence electrons. The number of nitrogens with one attached hydrogen (secondary N) is 2. The Morgan fingerprint density at radius 1 is 0.797 bits per heavy atom. The molecular weight excluding hydrogens is 1030 g/mol. The molecule has 14 nitrogen and oxygen atoms in total. The van der Waals surface area contributed by atoms with Gasteiger partial charge in [-0.25, -0.2) is 13.8 Å². The molecule has 7 rings (SSSR count). The van der Waals surface area contributed by atoms with Gasteiger partial charge in [-0.15, -0.1) is 0 Å². The van der Waals surface area contributed by atoms with Gasteiger partial charge in [0, 0.05) is 113 Å². The average Bonchev–Trinajstić information content (AvgIpc) is 3.72. The lowest BCUT2D eigenvalue weighted by Gasteiger charge is -2.36. The number of hydrogen-bond acceptors (Lipinski definition) is 14. The largest absolute Gasteiger partial charge is 0.396 e. The van der Waals surface area contributed by atoms with Gasteiger partial charge >= 0.3 is 0 Å². The summed E-state index contributed by atoms with van der Waals surface area (Å²) < 4.78 is 25.9. The number of piperazine rings is 2. The first-order chi connectivity index (χ1) is 32.9. The number of aliphatic hydroxyl groups excluding tert-OH is 2. The summed E-state index contributed by atoms with van der Waals surface area (Å²) in [5.41, 5.74) is 16.5. The predicted molar refractivity (Wildman–Crippen MR) is 295 cm³/mol. The summed E-state index contributed by atoms with van der Waals surface area (Å²) in [6.45, 7) is 12.4. The van der Waals surface area contributed by atoms with E-state index in [1.807, 2.05) is 31.2 Å². The van der Waals surface area contributed by atoms with Crippen molar-refractivity contribution in [3.05, 3.63) is 125 Å². The number of nitrogens with zero attached hydrogens (tertiary/aromatic N) is 6. The molecule has 5 aromatic rings. The third-order valence-electron chi connectivity index (χ3n) is 10.7. The van der Waals surface area contributed by atoms with Crippen LogP contribution in [0.1, 0.15) is 45.4 Å². The number of aromatic nitrogens is 1. The van der Waals surface area contributed by atoms with E-state index in [2.05, 4.69) is 80.4 Å². The zero-order chi connectivity index (χ0) is 48.8. The number of thioether (sulfide) groups is 1. The van der Waals surface area contributed by atoms with E-state index < -0.39 is 5.82 Å². The number of aliphatic hydroxyl groups is 2. The van der Waals surface area contributed by atoms with E-state index in [0.717, 1.165) is 112 Å². The number of Topliss-reactive ketones (excluding diaryl/α,β-unsaturated/α-hetero) is 1. The van der Waals surface area contributed by atoms with Crippen LogP contribution >= 0.6 is 61.1 Å². The second-order valence-electron chi connectivity index (χ2n) is 15.5. The van der Waals surface area contributed by atoms with Gasteiger partial charge in [0.05, 0.1) is 5.33 Å². The minimum Gasteiger partial charge on any atom is -0.396 e. The predicted octanol–water partition coefficient (Wildman–Crippen LogP) is 7.76. The minimum absolute atomic E-state index is 0. The average molecular weight is 1090 g/mol. The number of anilines is 6. The molecule has 0 spiro atoms. The lowest BCUT2D eigenvalue weighted by Crippen LogP contribution is -2.46. The number of carbonyl (C=O) groups excluding carboxylic acids is 2. The molecule has 0 aliphatic carbocycles. The van der Waals surface area contributed by atoms with E-state index in [1.165, 1.54) is 53.8 Å². The van der Waals surface area contributed by atoms with Crippen molar-refractivity contribution in [1.29, 1.82) is 0 Å². The van der Waals surface area contributed by atoms with E-state index in [1.54, 1.807) is 12.1 Å². The standard InChI is InChI=1S/C23H26FN5O2S.C17H27N5OS2.C8H6BrFO.H3P/c24-17-4-1-3-16(15-17)20(31)21-22(25)27-23(32-21)26-18-5-7-19(8-6-18)29-12-10-28(11-13-29)9-2-14-30;1-2-25-16(18)20-17(24)19-14-4-6-15(7-5-14)22-11-9-21(10-12-22)8-3-13-23;9-5-8(11)6-2-1-3-7(10)4-6;/h1,3-8,15,30H,2,9-14,25H2,(H,26,27);4-7,23H,2-3,8-13H2,1H3,(H3,18,19,20,24);1-4H,5H2;1H3. The number of rotatable bonds is 16. The molecule has 1 aromatic heterocycles. The monoisotopic (exact) mass is 1090 g/mol. The van der Waals surface area contributed by atoms with E-state index in [0.29, 0.717) is 21.0 Å². The Morgan fingerprint density at radius 3 is 1.77 bits per heavy atom. The van der Waals surface area contributed by atoms with Crippen LogP contribution in [0.15, 0.2) is 102 Å². The van der Waals surface area contributed by atoms with Gasteiger partial charge in [0.1, 0.15) is 22.3 Å². The highest BCUT2D eigenvalue weighted by molar-refractivity contribution is 9.09. The van der Waals surface area contributed by atoms with Gasteiger partial charge < -0.3 is 42.1 Å². The highest BCUT2D eigenvalue weighted by Gasteiger charge is 2.20. The smallest absolute Gasteiger partial charge is 0.206 e. The zero-order valence-electron chi connectivity index (χ0n) is 38.7. The van der Waals surface area contributed by atoms with Crippen LogP contribution in [0.2, 0.25) is 0 Å². The summed E-state index contributed by atoms with van der Waals surface area (Å²) >= 11 is 10.8. The molecule has 0 amide bonds. The highest BCUT2D eigenvalue weighted by Crippen LogP contribution is 2.31. The van der Waals surface area contributed by atoms with Crippen molar-refractivity contribution in [2.24, 2.45) is 10.7 Å². The molecule has 8 N–H and O–H groups in total. The molecule has 0 radical (unpaired) electrons. The van der Waals surface area contributed by atoms with Gasteiger partial charge in [0.15, 0.2) is 21.2 Å². The molecule has 3 heterocycles. The molecule has 4 aromatic carbocycles. The number of thiazole rings is 1. The van der Waals surface area contributed by atoms with Gasteiger partial charge in [-0.3, -0.25) is 19.4 Å². The second-order valence-corrected chi connectivity index (χ2v) is 18.7. The molecule has 69 heavy (non-hydrogen) atoms. The number of ketones is 2. The summed E-state index contributed by atoms with van der Waals surface area (Å²) in [5, 5.41) is 25.8. The van der Waals surface area contributed by atoms with Crippen molar-refractivity contribution in [3.8, 4) is 0 Å². The van der Waals surface area contributed by atoms with Crippen LogP contribution in [-0.4, -0.2) is 137 Å². The fraction of sp³-hybridized carbons (Fsp3) is 0.354. The lowest BCUT2D eigenvalue weighted by molar-refractivity contribution is 0.102. The number of carbonyl (C=O) groups is 2. The molecule has 0 saturated carbocycles. The van der Waals surface area contributed by atoms with Crippen molar-refractivity contribution in [2.75, 3.05) is 116 Å². The second kappa shape index (κ2) is 30.2. The van der Waals surface area contributed by atoms with E-state index in [9.17, 15) is 18.4 Å². The Bertz CT molecular complexity index is 2410. The number of alkyl halides is 1. The molecule has 21 heteroatoms. The summed E-state index contributed by atoms with van der Waals surface area (Å²) in [7, 11) is 0. The number of hydrogen-bond donors (Lipinski definition) is 6. The van der Waals surface area contributed by atoms with Crippen LogP contribution in [0, 0.1) is 11.6 Å². The van der Waals surface area contributed by atoms with Crippen molar-refractivity contribution in [3.63, 3.8) is 0 Å². The maximum atomic E-state index is 13.4. The van der Waals surface area contributed by atoms with Crippen molar-refractivity contribution in [1.82, 2.24) is 14.8 Å². The molecule has 0 bridgehead atoms. The summed E-state index contributed by atoms with van der Waals surface area (Å²) in [5.74, 6) is -0.298. The fourth-order valence-corrected chi connectivity index (χ4v) is 9.08. The van der Waals surface area contributed by atoms with E-state index in [4.69, 9.17) is 33.9 Å². The molecule has 2 aliphatic rings. The maximum Gasteiger partial charge on any atom is 0.206 e. The summed E-state index contributed by atoms with van der Waals surface area (Å²) in [6, 6.07) is 27.5. The van der Waals surface area contributed by atoms with E-state index >= 15 is 0 Å². The zero-order valence-corrected chi connectivity index (χ0v) is 44.1. The molecule has 2 saturated heterocycles. The Hall–Kier alpha value is -4.63. The Kier molecular flexibility index (Phi) is 24.9. The normalized spacial score (nSPS) is 14.1. The van der Waals surface area contributed by atoms with Crippen LogP contribution in [0.3, 0.4) is 0 Å².